The van der Waals surface area contributed by atoms with E-state index in [1.165, 1.54) is 11.8 Å². The monoisotopic (exact) mass is 551 g/mol. The predicted molar refractivity (Wildman–Crippen MR) is 148 cm³/mol. The van der Waals surface area contributed by atoms with Crippen LogP contribution in [-0.4, -0.2) is 72.6 Å². The van der Waals surface area contributed by atoms with Crippen LogP contribution in [0.4, 0.5) is 0 Å². The highest BCUT2D eigenvalue weighted by atomic mass is 35.5. The zero-order chi connectivity index (χ0) is 24.8. The van der Waals surface area contributed by atoms with Crippen LogP contribution >= 0.6 is 47.2 Å². The number of hydrogen-bond donors (Lipinski definition) is 1. The Labute approximate surface area is 225 Å². The maximum atomic E-state index is 12.9. The van der Waals surface area contributed by atoms with Gasteiger partial charge in [-0.25, -0.2) is 0 Å². The van der Waals surface area contributed by atoms with Crippen molar-refractivity contribution in [1.82, 2.24) is 9.80 Å². The van der Waals surface area contributed by atoms with Gasteiger partial charge in [-0.15, -0.1) is 0 Å². The van der Waals surface area contributed by atoms with E-state index in [2.05, 4.69) is 4.90 Å². The summed E-state index contributed by atoms with van der Waals surface area (Å²) >= 11 is 19.4. The summed E-state index contributed by atoms with van der Waals surface area (Å²) in [7, 11) is 0. The van der Waals surface area contributed by atoms with Crippen LogP contribution < -0.4 is 10.5 Å². The van der Waals surface area contributed by atoms with Crippen molar-refractivity contribution in [3.05, 3.63) is 56.9 Å². The number of benzene rings is 2. The molecule has 2 N–H and O–H groups in total. The van der Waals surface area contributed by atoms with Gasteiger partial charge >= 0.3 is 0 Å². The zero-order valence-corrected chi connectivity index (χ0v) is 22.3. The van der Waals surface area contributed by atoms with Crippen molar-refractivity contribution in [1.29, 1.82) is 0 Å². The average molecular weight is 553 g/mol. The molecule has 2 aromatic rings. The number of nitrogens with two attached hydrogens (primary N) is 1. The first-order valence-corrected chi connectivity index (χ1v) is 13.4. The lowest BCUT2D eigenvalue weighted by atomic mass is 10.0. The topological polar surface area (TPSA) is 68.0 Å². The first kappa shape index (κ1) is 26.4. The first-order chi connectivity index (χ1) is 17.0. The van der Waals surface area contributed by atoms with Gasteiger partial charge in [0.25, 0.3) is 5.91 Å². The summed E-state index contributed by atoms with van der Waals surface area (Å²) in [6, 6.07) is 11.2. The number of halogens is 2. The van der Waals surface area contributed by atoms with Crippen LogP contribution in [-0.2, 0) is 9.53 Å². The van der Waals surface area contributed by atoms with Gasteiger partial charge in [-0.05, 0) is 48.9 Å². The molecule has 2 aliphatic heterocycles. The van der Waals surface area contributed by atoms with Crippen LogP contribution in [0.3, 0.4) is 0 Å². The fraction of sp³-hybridized carbons (Fsp3) is 0.360. The minimum atomic E-state index is -0.0923. The number of thiocarbonyl (C=S) groups is 1. The number of amides is 1. The van der Waals surface area contributed by atoms with E-state index in [9.17, 15) is 4.79 Å². The van der Waals surface area contributed by atoms with Gasteiger partial charge in [-0.1, -0.05) is 59.3 Å². The number of hydrogen-bond acceptors (Lipinski definition) is 7. The molecule has 35 heavy (non-hydrogen) atoms. The summed E-state index contributed by atoms with van der Waals surface area (Å²) in [4.78, 5) is 17.4. The van der Waals surface area contributed by atoms with Gasteiger partial charge in [0.1, 0.15) is 16.7 Å². The van der Waals surface area contributed by atoms with Crippen molar-refractivity contribution < 1.29 is 14.3 Å². The van der Waals surface area contributed by atoms with E-state index >= 15 is 0 Å². The molecule has 2 aliphatic rings. The number of carbonyl (C=O) groups is 1. The van der Waals surface area contributed by atoms with Gasteiger partial charge < -0.3 is 15.2 Å². The lowest BCUT2D eigenvalue weighted by Gasteiger charge is -2.26. The van der Waals surface area contributed by atoms with Gasteiger partial charge in [-0.2, -0.15) is 0 Å². The molecule has 2 aromatic carbocycles. The highest BCUT2D eigenvalue weighted by Gasteiger charge is 2.31. The Morgan fingerprint density at radius 1 is 1.11 bits per heavy atom. The molecule has 6 nitrogen and oxygen atoms in total. The highest BCUT2D eigenvalue weighted by Crippen LogP contribution is 2.39. The summed E-state index contributed by atoms with van der Waals surface area (Å²) in [5.41, 5.74) is 8.09. The fourth-order valence-electron chi connectivity index (χ4n) is 3.88. The molecule has 0 spiro atoms. The van der Waals surface area contributed by atoms with Crippen molar-refractivity contribution in [2.45, 2.75) is 6.42 Å². The summed E-state index contributed by atoms with van der Waals surface area (Å²) < 4.78 is 12.2. The normalized spacial score (nSPS) is 18.0. The second-order valence-electron chi connectivity index (χ2n) is 8.16. The van der Waals surface area contributed by atoms with Crippen molar-refractivity contribution >= 4 is 63.5 Å². The molecule has 0 bridgehead atoms. The molecule has 0 aromatic heterocycles. The Hall–Kier alpha value is -1.65. The van der Waals surface area contributed by atoms with Crippen molar-refractivity contribution in [3.8, 4) is 16.9 Å². The van der Waals surface area contributed by atoms with Crippen LogP contribution in [0.1, 0.15) is 12.0 Å². The van der Waals surface area contributed by atoms with E-state index in [4.69, 9.17) is 50.6 Å². The lowest BCUT2D eigenvalue weighted by Crippen LogP contribution is -2.38. The van der Waals surface area contributed by atoms with E-state index in [1.54, 1.807) is 17.0 Å². The SMILES string of the molecule is NCCCN1C(=O)C(=Cc2ccc(OCCN3CCOCC3)c(-c3ccc(Cl)cc3Cl)c2)SC1=S. The molecular weight excluding hydrogens is 525 g/mol. The standard InChI is InChI=1S/C25H27Cl2N3O3S2/c26-18-3-4-19(21(27)16-18)20-14-17(15-23-24(31)30(7-1-6-28)25(34)35-23)2-5-22(20)33-13-10-29-8-11-32-12-9-29/h2-5,14-16H,1,6-13,28H2. The third kappa shape index (κ3) is 6.77. The summed E-state index contributed by atoms with van der Waals surface area (Å²) in [5, 5.41) is 1.09. The van der Waals surface area contributed by atoms with Gasteiger partial charge in [0.15, 0.2) is 0 Å². The Morgan fingerprint density at radius 3 is 2.66 bits per heavy atom. The number of thioether (sulfide) groups is 1. The van der Waals surface area contributed by atoms with Crippen LogP contribution in [0.5, 0.6) is 5.75 Å². The van der Waals surface area contributed by atoms with Crippen LogP contribution in [0.2, 0.25) is 10.0 Å². The molecule has 0 atom stereocenters. The van der Waals surface area contributed by atoms with Crippen LogP contribution in [0, 0.1) is 0 Å². The molecule has 2 saturated heterocycles. The molecule has 0 radical (unpaired) electrons. The van der Waals surface area contributed by atoms with Crippen molar-refractivity contribution in [2.75, 3.05) is 52.5 Å². The summed E-state index contributed by atoms with van der Waals surface area (Å²) in [6.07, 6.45) is 2.56. The second kappa shape index (κ2) is 12.5. The number of ether oxygens (including phenoxy) is 2. The molecule has 0 unspecified atom stereocenters. The third-order valence-corrected chi connectivity index (χ3v) is 7.68. The van der Waals surface area contributed by atoms with Gasteiger partial charge in [0, 0.05) is 42.3 Å². The van der Waals surface area contributed by atoms with E-state index < -0.39 is 0 Å². The maximum Gasteiger partial charge on any atom is 0.266 e. The predicted octanol–water partition coefficient (Wildman–Crippen LogP) is 4.92. The molecule has 1 amide bonds. The van der Waals surface area contributed by atoms with E-state index in [0.29, 0.717) is 45.4 Å². The quantitative estimate of drug-likeness (QED) is 0.350. The molecule has 4 rings (SSSR count). The Morgan fingerprint density at radius 2 is 1.91 bits per heavy atom. The fourth-order valence-corrected chi connectivity index (χ4v) is 5.70. The molecule has 10 heteroatoms. The molecule has 0 saturated carbocycles. The Bertz CT molecular complexity index is 1120. The molecule has 2 heterocycles. The van der Waals surface area contributed by atoms with Crippen molar-refractivity contribution in [2.24, 2.45) is 5.73 Å². The number of rotatable bonds is 9. The lowest BCUT2D eigenvalue weighted by molar-refractivity contribution is -0.122. The molecule has 0 aliphatic carbocycles. The second-order valence-corrected chi connectivity index (χ2v) is 10.7. The van der Waals surface area contributed by atoms with E-state index in [1.807, 2.05) is 30.3 Å². The Kier molecular flexibility index (Phi) is 9.46. The van der Waals surface area contributed by atoms with Gasteiger partial charge in [0.05, 0.1) is 23.1 Å². The smallest absolute Gasteiger partial charge is 0.266 e. The van der Waals surface area contributed by atoms with E-state index in [-0.39, 0.29) is 5.91 Å². The van der Waals surface area contributed by atoms with Crippen LogP contribution in [0.25, 0.3) is 17.2 Å². The number of carbonyl (C=O) groups excluding carboxylic acids is 1. The third-order valence-electron chi connectivity index (χ3n) is 5.75. The zero-order valence-electron chi connectivity index (χ0n) is 19.2. The minimum Gasteiger partial charge on any atom is -0.492 e. The molecular formula is C25H27Cl2N3O3S2. The minimum absolute atomic E-state index is 0.0923. The molecule has 2 fully saturated rings. The highest BCUT2D eigenvalue weighted by molar-refractivity contribution is 8.26. The maximum absolute atomic E-state index is 12.9. The van der Waals surface area contributed by atoms with Crippen LogP contribution in [0.15, 0.2) is 41.3 Å². The Balaban J connectivity index is 1.59. The summed E-state index contributed by atoms with van der Waals surface area (Å²) in [6.45, 7) is 5.69. The van der Waals surface area contributed by atoms with E-state index in [0.717, 1.165) is 55.3 Å². The largest absolute Gasteiger partial charge is 0.492 e. The van der Waals surface area contributed by atoms with Gasteiger partial charge in [0.2, 0.25) is 0 Å². The molecule has 186 valence electrons. The van der Waals surface area contributed by atoms with Crippen molar-refractivity contribution in [3.63, 3.8) is 0 Å². The number of morpholine rings is 1. The van der Waals surface area contributed by atoms with Gasteiger partial charge in [-0.3, -0.25) is 14.6 Å². The summed E-state index contributed by atoms with van der Waals surface area (Å²) in [5.74, 6) is 0.625. The number of nitrogens with zero attached hydrogens (tertiary/aromatic N) is 2. The average Bonchev–Trinajstić information content (AvgIpc) is 3.11. The first-order valence-electron chi connectivity index (χ1n) is 11.4.